The van der Waals surface area contributed by atoms with Crippen molar-refractivity contribution in [1.82, 2.24) is 10.6 Å². The van der Waals surface area contributed by atoms with E-state index in [9.17, 15) is 17.0 Å². The van der Waals surface area contributed by atoms with E-state index in [0.717, 1.165) is 31.7 Å². The number of sulfone groups is 1. The quantitative estimate of drug-likeness (QED) is 0.291. The lowest BCUT2D eigenvalue weighted by atomic mass is 9.95. The summed E-state index contributed by atoms with van der Waals surface area (Å²) in [4.78, 5) is 4.06. The zero-order valence-electron chi connectivity index (χ0n) is 16.9. The Bertz CT molecular complexity index is 806. The number of nitrogens with zero attached hydrogens (tertiary/aromatic N) is 1. The molecule has 1 aromatic carbocycles. The number of guanidine groups is 1. The van der Waals surface area contributed by atoms with Crippen LogP contribution in [0.5, 0.6) is 0 Å². The third kappa shape index (κ3) is 8.12. The molecule has 3 atom stereocenters. The Morgan fingerprint density at radius 3 is 2.66 bits per heavy atom. The van der Waals surface area contributed by atoms with Gasteiger partial charge in [-0.1, -0.05) is 25.5 Å². The van der Waals surface area contributed by atoms with Crippen LogP contribution < -0.4 is 10.6 Å². The van der Waals surface area contributed by atoms with Crippen LogP contribution in [0.2, 0.25) is 0 Å². The van der Waals surface area contributed by atoms with Gasteiger partial charge < -0.3 is 10.6 Å². The Morgan fingerprint density at radius 1 is 1.28 bits per heavy atom. The van der Waals surface area contributed by atoms with E-state index >= 15 is 0 Å². The van der Waals surface area contributed by atoms with E-state index in [1.54, 1.807) is 0 Å². The summed E-state index contributed by atoms with van der Waals surface area (Å²) in [5, 5.41) is 6.65. The van der Waals surface area contributed by atoms with E-state index in [1.807, 2.05) is 13.8 Å². The highest BCUT2D eigenvalue weighted by Gasteiger charge is 2.26. The maximum atomic E-state index is 13.8. The maximum absolute atomic E-state index is 13.8. The zero-order valence-corrected chi connectivity index (χ0v) is 20.9. The van der Waals surface area contributed by atoms with Gasteiger partial charge in [0.15, 0.2) is 15.8 Å². The summed E-state index contributed by atoms with van der Waals surface area (Å²) >= 11 is 0. The molecule has 1 aromatic rings. The van der Waals surface area contributed by atoms with Crippen LogP contribution in [0.25, 0.3) is 0 Å². The summed E-state index contributed by atoms with van der Waals surface area (Å²) in [7, 11) is -4.54. The second-order valence-electron chi connectivity index (χ2n) is 6.81. The van der Waals surface area contributed by atoms with E-state index in [-0.39, 0.29) is 52.5 Å². The molecule has 1 saturated carbocycles. The summed E-state index contributed by atoms with van der Waals surface area (Å²) in [5.41, 5.74) is 0. The minimum atomic E-state index is -3.74. The summed E-state index contributed by atoms with van der Waals surface area (Å²) in [6, 6.07) is 5.54. The number of benzene rings is 1. The molecular formula is C19H31FIN3O3S2. The molecule has 3 unspecified atom stereocenters. The number of aliphatic imine (C=N–C) groups is 1. The van der Waals surface area contributed by atoms with Crippen LogP contribution in [-0.2, 0) is 20.6 Å². The molecule has 29 heavy (non-hydrogen) atoms. The van der Waals surface area contributed by atoms with Crippen LogP contribution in [0.1, 0.15) is 39.5 Å². The first-order valence-corrected chi connectivity index (χ1v) is 12.8. The molecule has 6 nitrogen and oxygen atoms in total. The van der Waals surface area contributed by atoms with E-state index < -0.39 is 26.5 Å². The molecule has 0 saturated heterocycles. The van der Waals surface area contributed by atoms with Gasteiger partial charge in [-0.25, -0.2) is 12.8 Å². The molecule has 10 heteroatoms. The predicted molar refractivity (Wildman–Crippen MR) is 128 cm³/mol. The largest absolute Gasteiger partial charge is 0.357 e. The second kappa shape index (κ2) is 12.8. The Balaban J connectivity index is 0.00000420. The highest BCUT2D eigenvalue weighted by molar-refractivity contribution is 14.0. The summed E-state index contributed by atoms with van der Waals surface area (Å²) < 4.78 is 50.6. The topological polar surface area (TPSA) is 87.6 Å². The van der Waals surface area contributed by atoms with E-state index in [2.05, 4.69) is 15.6 Å². The number of halogens is 2. The van der Waals surface area contributed by atoms with Gasteiger partial charge >= 0.3 is 0 Å². The molecule has 2 N–H and O–H groups in total. The lowest BCUT2D eigenvalue weighted by Crippen LogP contribution is -2.46. The van der Waals surface area contributed by atoms with Crippen molar-refractivity contribution >= 4 is 50.6 Å². The Morgan fingerprint density at radius 2 is 2.00 bits per heavy atom. The van der Waals surface area contributed by atoms with Gasteiger partial charge in [-0.2, -0.15) is 0 Å². The molecule has 1 aliphatic rings. The fourth-order valence-corrected chi connectivity index (χ4v) is 5.90. The fraction of sp³-hybridized carbons (Fsp3) is 0.632. The van der Waals surface area contributed by atoms with Crippen LogP contribution in [0.15, 0.2) is 34.2 Å². The Hall–Kier alpha value is -0.750. The number of hydrogen-bond acceptors (Lipinski definition) is 4. The van der Waals surface area contributed by atoms with Crippen molar-refractivity contribution in [2.45, 2.75) is 55.7 Å². The van der Waals surface area contributed by atoms with Gasteiger partial charge in [0.25, 0.3) is 0 Å². The molecule has 1 fully saturated rings. The van der Waals surface area contributed by atoms with E-state index in [1.165, 1.54) is 18.2 Å². The van der Waals surface area contributed by atoms with Crippen molar-refractivity contribution < 1.29 is 17.0 Å². The van der Waals surface area contributed by atoms with Gasteiger partial charge in [-0.15, -0.1) is 24.0 Å². The molecule has 0 amide bonds. The molecule has 2 rings (SSSR count). The van der Waals surface area contributed by atoms with Crippen molar-refractivity contribution in [3.63, 3.8) is 0 Å². The Labute approximate surface area is 192 Å². The smallest absolute Gasteiger partial charge is 0.191 e. The summed E-state index contributed by atoms with van der Waals surface area (Å²) in [6.07, 6.45) is 3.77. The highest BCUT2D eigenvalue weighted by atomic mass is 127. The maximum Gasteiger partial charge on any atom is 0.191 e. The lowest BCUT2D eigenvalue weighted by molar-refractivity contribution is 0.413. The zero-order chi connectivity index (χ0) is 20.6. The fourth-order valence-electron chi connectivity index (χ4n) is 3.35. The van der Waals surface area contributed by atoms with Gasteiger partial charge in [0, 0.05) is 34.4 Å². The standard InChI is InChI=1S/C19H30FN3O3S2.HI/c1-3-21-19(23-15-8-7-9-16(14-15)27(24)4-2)22-12-13-28(25,26)18-11-6-5-10-17(18)20;/h5-6,10-11,15-16H,3-4,7-9,12-14H2,1-2H3,(H2,21,22,23);1H. The average Bonchev–Trinajstić information content (AvgIpc) is 2.67. The van der Waals surface area contributed by atoms with E-state index in [0.29, 0.717) is 18.3 Å². The van der Waals surface area contributed by atoms with Gasteiger partial charge in [0.05, 0.1) is 12.3 Å². The van der Waals surface area contributed by atoms with E-state index in [4.69, 9.17) is 0 Å². The van der Waals surface area contributed by atoms with Crippen molar-refractivity contribution in [2.75, 3.05) is 24.6 Å². The molecule has 0 bridgehead atoms. The Kier molecular flexibility index (Phi) is 11.6. The number of hydrogen-bond donors (Lipinski definition) is 2. The van der Waals surface area contributed by atoms with Gasteiger partial charge in [0.1, 0.15) is 10.7 Å². The SMILES string of the molecule is CCNC(=NCCS(=O)(=O)c1ccccc1F)NC1CCCC(S(=O)CC)C1.I. The highest BCUT2D eigenvalue weighted by Crippen LogP contribution is 2.23. The van der Waals surface area contributed by atoms with Crippen molar-refractivity contribution in [3.8, 4) is 0 Å². The van der Waals surface area contributed by atoms with Gasteiger partial charge in [-0.05, 0) is 38.3 Å². The molecule has 0 aromatic heterocycles. The lowest BCUT2D eigenvalue weighted by Gasteiger charge is -2.30. The van der Waals surface area contributed by atoms with Crippen molar-refractivity contribution in [3.05, 3.63) is 30.1 Å². The molecular weight excluding hydrogens is 528 g/mol. The van der Waals surface area contributed by atoms with Crippen LogP contribution in [0, 0.1) is 5.82 Å². The molecule has 1 aliphatic carbocycles. The van der Waals surface area contributed by atoms with Crippen molar-refractivity contribution in [2.24, 2.45) is 4.99 Å². The molecule has 0 radical (unpaired) electrons. The van der Waals surface area contributed by atoms with Crippen molar-refractivity contribution in [1.29, 1.82) is 0 Å². The monoisotopic (exact) mass is 559 g/mol. The first-order valence-electron chi connectivity index (χ1n) is 9.76. The second-order valence-corrected chi connectivity index (χ2v) is 10.9. The molecule has 166 valence electrons. The number of nitrogens with one attached hydrogen (secondary N) is 2. The minimum absolute atomic E-state index is 0. The first-order chi connectivity index (χ1) is 13.4. The van der Waals surface area contributed by atoms with Crippen LogP contribution in [0.4, 0.5) is 4.39 Å². The summed E-state index contributed by atoms with van der Waals surface area (Å²) in [5.74, 6) is 0.199. The number of rotatable bonds is 8. The average molecular weight is 560 g/mol. The molecule has 0 spiro atoms. The van der Waals surface area contributed by atoms with Gasteiger partial charge in [0.2, 0.25) is 0 Å². The van der Waals surface area contributed by atoms with Crippen LogP contribution in [-0.4, -0.2) is 54.5 Å². The third-order valence-corrected chi connectivity index (χ3v) is 8.23. The van der Waals surface area contributed by atoms with Gasteiger partial charge in [-0.3, -0.25) is 9.20 Å². The minimum Gasteiger partial charge on any atom is -0.357 e. The third-order valence-electron chi connectivity index (χ3n) is 4.77. The van der Waals surface area contributed by atoms with Crippen LogP contribution in [0.3, 0.4) is 0 Å². The normalized spacial score (nSPS) is 21.1. The first kappa shape index (κ1) is 26.3. The predicted octanol–water partition coefficient (Wildman–Crippen LogP) is 2.85. The summed E-state index contributed by atoms with van der Waals surface area (Å²) in [6.45, 7) is 4.55. The van der Waals surface area contributed by atoms with Crippen LogP contribution >= 0.6 is 24.0 Å². The molecule has 0 aliphatic heterocycles. The molecule has 0 heterocycles.